The van der Waals surface area contributed by atoms with Crippen LogP contribution in [0, 0.1) is 4.77 Å². The van der Waals surface area contributed by atoms with Crippen molar-refractivity contribution in [1.29, 1.82) is 0 Å². The van der Waals surface area contributed by atoms with Crippen molar-refractivity contribution in [1.82, 2.24) is 19.9 Å². The van der Waals surface area contributed by atoms with Crippen LogP contribution < -0.4 is 5.56 Å². The van der Waals surface area contributed by atoms with Crippen LogP contribution in [-0.2, 0) is 19.5 Å². The molecular formula is C16H16N4OS. The number of aromatic amines is 3. The van der Waals surface area contributed by atoms with E-state index in [4.69, 9.17) is 12.2 Å². The Labute approximate surface area is 132 Å². The van der Waals surface area contributed by atoms with Crippen LogP contribution in [0.1, 0.15) is 16.8 Å². The highest BCUT2D eigenvalue weighted by molar-refractivity contribution is 7.71. The summed E-state index contributed by atoms with van der Waals surface area (Å²) in [6.45, 7) is 2.47. The van der Waals surface area contributed by atoms with Crippen LogP contribution in [0.4, 0.5) is 0 Å². The van der Waals surface area contributed by atoms with E-state index in [0.717, 1.165) is 42.8 Å². The van der Waals surface area contributed by atoms with E-state index >= 15 is 0 Å². The summed E-state index contributed by atoms with van der Waals surface area (Å²) in [7, 11) is 0. The monoisotopic (exact) mass is 312 g/mol. The largest absolute Gasteiger partial charge is 0.361 e. The molecule has 3 N–H and O–H groups in total. The quantitative estimate of drug-likeness (QED) is 0.637. The maximum atomic E-state index is 11.9. The molecule has 0 unspecified atom stereocenters. The second-order valence-electron chi connectivity index (χ2n) is 5.73. The van der Waals surface area contributed by atoms with Gasteiger partial charge in [0.15, 0.2) is 4.77 Å². The lowest BCUT2D eigenvalue weighted by molar-refractivity contribution is 0.240. The molecule has 0 saturated heterocycles. The minimum atomic E-state index is -0.0498. The molecule has 0 amide bonds. The molecule has 3 aromatic rings. The Hall–Kier alpha value is -2.18. The third kappa shape index (κ3) is 2.40. The Morgan fingerprint density at radius 2 is 2.14 bits per heavy atom. The van der Waals surface area contributed by atoms with Gasteiger partial charge in [-0.15, -0.1) is 0 Å². The van der Waals surface area contributed by atoms with Crippen LogP contribution in [0.5, 0.6) is 0 Å². The smallest absolute Gasteiger partial charge is 0.255 e. The van der Waals surface area contributed by atoms with Gasteiger partial charge in [-0.2, -0.15) is 0 Å². The van der Waals surface area contributed by atoms with Gasteiger partial charge >= 0.3 is 0 Å². The van der Waals surface area contributed by atoms with Gasteiger partial charge in [0.1, 0.15) is 0 Å². The van der Waals surface area contributed by atoms with Crippen molar-refractivity contribution in [2.75, 3.05) is 6.54 Å². The Kier molecular flexibility index (Phi) is 3.20. The van der Waals surface area contributed by atoms with Crippen molar-refractivity contribution in [2.24, 2.45) is 0 Å². The van der Waals surface area contributed by atoms with Crippen LogP contribution in [-0.4, -0.2) is 26.4 Å². The van der Waals surface area contributed by atoms with Gasteiger partial charge in [-0.25, -0.2) is 0 Å². The Morgan fingerprint density at radius 3 is 3.05 bits per heavy atom. The first-order valence-corrected chi connectivity index (χ1v) is 7.72. The lowest BCUT2D eigenvalue weighted by atomic mass is 10.1. The van der Waals surface area contributed by atoms with E-state index in [0.29, 0.717) is 4.77 Å². The molecular weight excluding hydrogens is 296 g/mol. The van der Waals surface area contributed by atoms with Gasteiger partial charge in [0, 0.05) is 42.6 Å². The first-order valence-electron chi connectivity index (χ1n) is 7.32. The summed E-state index contributed by atoms with van der Waals surface area (Å²) in [5, 5.41) is 1.23. The van der Waals surface area contributed by atoms with Crippen molar-refractivity contribution in [3.8, 4) is 0 Å². The average molecular weight is 312 g/mol. The van der Waals surface area contributed by atoms with Gasteiger partial charge in [-0.05, 0) is 41.7 Å². The van der Waals surface area contributed by atoms with E-state index in [1.165, 1.54) is 10.9 Å². The van der Waals surface area contributed by atoms with E-state index in [2.05, 4.69) is 44.1 Å². The van der Waals surface area contributed by atoms with Gasteiger partial charge in [0.05, 0.1) is 0 Å². The number of H-pyrrole nitrogens is 3. The van der Waals surface area contributed by atoms with Crippen molar-refractivity contribution in [2.45, 2.75) is 19.5 Å². The summed E-state index contributed by atoms with van der Waals surface area (Å²) in [6, 6.07) is 8.55. The Balaban J connectivity index is 1.59. The van der Waals surface area contributed by atoms with Gasteiger partial charge in [0.2, 0.25) is 0 Å². The number of aromatic nitrogens is 3. The zero-order valence-electron chi connectivity index (χ0n) is 12.0. The number of hydrogen-bond acceptors (Lipinski definition) is 3. The van der Waals surface area contributed by atoms with E-state index in [1.807, 2.05) is 6.20 Å². The molecule has 0 spiro atoms. The summed E-state index contributed by atoms with van der Waals surface area (Å²) in [5.74, 6) is 0. The molecule has 0 fully saturated rings. The Bertz CT molecular complexity index is 952. The Morgan fingerprint density at radius 1 is 1.23 bits per heavy atom. The van der Waals surface area contributed by atoms with E-state index in [-0.39, 0.29) is 5.56 Å². The van der Waals surface area contributed by atoms with Gasteiger partial charge in [-0.3, -0.25) is 14.7 Å². The van der Waals surface area contributed by atoms with Crippen molar-refractivity contribution >= 4 is 23.1 Å². The van der Waals surface area contributed by atoms with E-state index < -0.39 is 0 Å². The molecule has 1 aliphatic rings. The fourth-order valence-electron chi connectivity index (χ4n) is 3.12. The highest BCUT2D eigenvalue weighted by Crippen LogP contribution is 2.19. The second kappa shape index (κ2) is 5.23. The van der Waals surface area contributed by atoms with Crippen LogP contribution in [0.15, 0.2) is 35.3 Å². The standard InChI is InChI=1S/C16H16N4OS/c21-15-12-4-6-20(9-14(12)18-16(22)19-15)8-10-1-2-11-3-5-17-13(11)7-10/h1-3,5,7,17H,4,6,8-9H2,(H2,18,19,21,22). The fraction of sp³-hybridized carbons (Fsp3) is 0.250. The number of hydrogen-bond donors (Lipinski definition) is 3. The maximum absolute atomic E-state index is 11.9. The number of benzene rings is 1. The minimum Gasteiger partial charge on any atom is -0.361 e. The third-order valence-corrected chi connectivity index (χ3v) is 4.42. The fourth-order valence-corrected chi connectivity index (χ4v) is 3.33. The van der Waals surface area contributed by atoms with Gasteiger partial charge in [-0.1, -0.05) is 12.1 Å². The van der Waals surface area contributed by atoms with Crippen LogP contribution in [0.2, 0.25) is 0 Å². The normalized spacial score (nSPS) is 15.1. The molecule has 4 rings (SSSR count). The molecule has 2 aromatic heterocycles. The molecule has 0 saturated carbocycles. The molecule has 6 heteroatoms. The van der Waals surface area contributed by atoms with Crippen molar-refractivity contribution < 1.29 is 0 Å². The SMILES string of the molecule is O=c1[nH]c(=S)[nH]c2c1CCN(Cc1ccc3cc[nH]c3c1)C2. The molecule has 5 nitrogen and oxygen atoms in total. The molecule has 22 heavy (non-hydrogen) atoms. The molecule has 0 radical (unpaired) electrons. The molecule has 112 valence electrons. The first kappa shape index (κ1) is 13.5. The zero-order chi connectivity index (χ0) is 15.1. The zero-order valence-corrected chi connectivity index (χ0v) is 12.8. The first-order chi connectivity index (χ1) is 10.7. The topological polar surface area (TPSA) is 67.7 Å². The van der Waals surface area contributed by atoms with Crippen LogP contribution >= 0.6 is 12.2 Å². The van der Waals surface area contributed by atoms with E-state index in [1.54, 1.807) is 0 Å². The van der Waals surface area contributed by atoms with E-state index in [9.17, 15) is 4.79 Å². The number of nitrogens with zero attached hydrogens (tertiary/aromatic N) is 1. The molecule has 0 aliphatic carbocycles. The van der Waals surface area contributed by atoms with Crippen molar-refractivity contribution in [3.63, 3.8) is 0 Å². The maximum Gasteiger partial charge on any atom is 0.255 e. The summed E-state index contributed by atoms with van der Waals surface area (Å²) in [5.41, 5.74) is 4.16. The van der Waals surface area contributed by atoms with Crippen LogP contribution in [0.25, 0.3) is 10.9 Å². The lowest BCUT2D eigenvalue weighted by Crippen LogP contribution is -2.34. The predicted octanol–water partition coefficient (Wildman–Crippen LogP) is 2.47. The molecule has 0 atom stereocenters. The predicted molar refractivity (Wildman–Crippen MR) is 88.4 cm³/mol. The highest BCUT2D eigenvalue weighted by atomic mass is 32.1. The molecule has 1 aliphatic heterocycles. The molecule has 1 aromatic carbocycles. The van der Waals surface area contributed by atoms with Crippen molar-refractivity contribution in [3.05, 3.63) is 62.4 Å². The molecule has 3 heterocycles. The second-order valence-corrected chi connectivity index (χ2v) is 6.13. The summed E-state index contributed by atoms with van der Waals surface area (Å²) >= 11 is 5.06. The number of rotatable bonds is 2. The van der Waals surface area contributed by atoms with Gasteiger partial charge < -0.3 is 9.97 Å². The highest BCUT2D eigenvalue weighted by Gasteiger charge is 2.19. The lowest BCUT2D eigenvalue weighted by Gasteiger charge is -2.27. The van der Waals surface area contributed by atoms with Gasteiger partial charge in [0.25, 0.3) is 5.56 Å². The average Bonchev–Trinajstić information content (AvgIpc) is 2.94. The summed E-state index contributed by atoms with van der Waals surface area (Å²) in [4.78, 5) is 23.3. The minimum absolute atomic E-state index is 0.0498. The van der Waals surface area contributed by atoms with Crippen LogP contribution in [0.3, 0.4) is 0 Å². The summed E-state index contributed by atoms with van der Waals surface area (Å²) < 4.78 is 0.401. The third-order valence-electron chi connectivity index (χ3n) is 4.22. The number of nitrogens with one attached hydrogen (secondary N) is 3. The summed E-state index contributed by atoms with van der Waals surface area (Å²) in [6.07, 6.45) is 2.71. The number of fused-ring (bicyclic) bond motifs is 2. The molecule has 0 bridgehead atoms.